The fourth-order valence-corrected chi connectivity index (χ4v) is 3.11. The molecule has 1 saturated heterocycles. The van der Waals surface area contributed by atoms with Crippen LogP contribution in [0.15, 0.2) is 43.0 Å². The molecule has 1 aromatic carbocycles. The molecular weight excluding hydrogens is 306 g/mol. The quantitative estimate of drug-likeness (QED) is 0.664. The first-order valence-electron chi connectivity index (χ1n) is 8.11. The van der Waals surface area contributed by atoms with Crippen LogP contribution in [0.3, 0.4) is 0 Å². The molecule has 0 bridgehead atoms. The Hall–Kier alpha value is -2.14. The average molecular weight is 331 g/mol. The van der Waals surface area contributed by atoms with Crippen molar-refractivity contribution in [3.05, 3.63) is 48.6 Å². The lowest BCUT2D eigenvalue weighted by molar-refractivity contribution is -0.160. The number of aliphatic carboxylic acids is 1. The number of nitrogens with zero attached hydrogens (tertiary/aromatic N) is 1. The van der Waals surface area contributed by atoms with Gasteiger partial charge in [-0.2, -0.15) is 0 Å². The zero-order valence-corrected chi connectivity index (χ0v) is 14.4. The molecule has 1 fully saturated rings. The minimum absolute atomic E-state index is 0.230. The van der Waals surface area contributed by atoms with Crippen LogP contribution in [-0.4, -0.2) is 39.6 Å². The summed E-state index contributed by atoms with van der Waals surface area (Å²) in [7, 11) is 0. The lowest BCUT2D eigenvalue weighted by atomic mass is 9.99. The zero-order valence-electron chi connectivity index (χ0n) is 14.4. The molecule has 0 unspecified atom stereocenters. The molecular formula is C19H25NO4. The summed E-state index contributed by atoms with van der Waals surface area (Å²) in [6.45, 7) is 9.68. The number of hydrogen-bond acceptors (Lipinski definition) is 4. The van der Waals surface area contributed by atoms with Crippen LogP contribution in [-0.2, 0) is 20.9 Å². The summed E-state index contributed by atoms with van der Waals surface area (Å²) in [5.41, 5.74) is 0.407. The Labute approximate surface area is 142 Å². The second kappa shape index (κ2) is 7.18. The van der Waals surface area contributed by atoms with Gasteiger partial charge in [0.1, 0.15) is 11.6 Å². The predicted molar refractivity (Wildman–Crippen MR) is 91.3 cm³/mol. The first-order chi connectivity index (χ1) is 11.2. The van der Waals surface area contributed by atoms with Crippen LogP contribution in [0, 0.1) is 5.92 Å². The number of rotatable bonds is 5. The van der Waals surface area contributed by atoms with Crippen molar-refractivity contribution in [3.63, 3.8) is 0 Å². The Kier molecular flexibility index (Phi) is 5.44. The second-order valence-corrected chi connectivity index (χ2v) is 7.11. The Balaban J connectivity index is 2.29. The number of carboxylic acids is 1. The van der Waals surface area contributed by atoms with Gasteiger partial charge in [0.05, 0.1) is 5.92 Å². The number of ether oxygens (including phenoxy) is 1. The van der Waals surface area contributed by atoms with E-state index >= 15 is 0 Å². The summed E-state index contributed by atoms with van der Waals surface area (Å²) in [5, 5.41) is 9.50. The highest BCUT2D eigenvalue weighted by atomic mass is 16.6. The Morgan fingerprint density at radius 1 is 1.33 bits per heavy atom. The smallest absolute Gasteiger partial charge is 0.323 e. The van der Waals surface area contributed by atoms with Gasteiger partial charge in [0.25, 0.3) is 0 Å². The maximum atomic E-state index is 12.6. The number of carboxylic acid groups (broad SMARTS) is 1. The minimum Gasteiger partial charge on any atom is -0.481 e. The van der Waals surface area contributed by atoms with Gasteiger partial charge in [-0.05, 0) is 32.8 Å². The molecule has 2 rings (SSSR count). The molecule has 0 aromatic heterocycles. The number of benzene rings is 1. The fraction of sp³-hybridized carbons (Fsp3) is 0.474. The van der Waals surface area contributed by atoms with Crippen LogP contribution >= 0.6 is 0 Å². The van der Waals surface area contributed by atoms with E-state index in [0.29, 0.717) is 6.54 Å². The molecule has 3 atom stereocenters. The number of hydrogen-bond donors (Lipinski definition) is 1. The van der Waals surface area contributed by atoms with Gasteiger partial charge >= 0.3 is 11.9 Å². The third-order valence-electron chi connectivity index (χ3n) is 4.12. The van der Waals surface area contributed by atoms with Crippen molar-refractivity contribution in [3.8, 4) is 0 Å². The molecule has 1 aliphatic heterocycles. The summed E-state index contributed by atoms with van der Waals surface area (Å²) in [6.07, 6.45) is 1.85. The maximum Gasteiger partial charge on any atom is 0.323 e. The van der Waals surface area contributed by atoms with E-state index in [2.05, 4.69) is 6.58 Å². The van der Waals surface area contributed by atoms with Crippen molar-refractivity contribution < 1.29 is 19.4 Å². The third-order valence-corrected chi connectivity index (χ3v) is 4.12. The van der Waals surface area contributed by atoms with Crippen molar-refractivity contribution in [1.29, 1.82) is 0 Å². The van der Waals surface area contributed by atoms with Gasteiger partial charge in [0.15, 0.2) is 0 Å². The highest BCUT2D eigenvalue weighted by Crippen LogP contribution is 2.34. The molecule has 1 N–H and O–H groups in total. The first kappa shape index (κ1) is 18.2. The lowest BCUT2D eigenvalue weighted by Crippen LogP contribution is -2.43. The summed E-state index contributed by atoms with van der Waals surface area (Å²) >= 11 is 0. The molecule has 5 heteroatoms. The molecule has 130 valence electrons. The van der Waals surface area contributed by atoms with Crippen LogP contribution in [0.25, 0.3) is 0 Å². The summed E-state index contributed by atoms with van der Waals surface area (Å²) < 4.78 is 5.50. The lowest BCUT2D eigenvalue weighted by Gasteiger charge is -2.30. The third kappa shape index (κ3) is 4.23. The van der Waals surface area contributed by atoms with E-state index in [-0.39, 0.29) is 12.4 Å². The van der Waals surface area contributed by atoms with E-state index in [1.807, 2.05) is 35.2 Å². The van der Waals surface area contributed by atoms with E-state index < -0.39 is 29.6 Å². The van der Waals surface area contributed by atoms with Crippen molar-refractivity contribution >= 4 is 11.9 Å². The average Bonchev–Trinajstić information content (AvgIpc) is 2.85. The van der Waals surface area contributed by atoms with Crippen molar-refractivity contribution in [2.24, 2.45) is 5.92 Å². The van der Waals surface area contributed by atoms with E-state index in [9.17, 15) is 14.7 Å². The van der Waals surface area contributed by atoms with Crippen LogP contribution in [0.1, 0.15) is 32.8 Å². The first-order valence-corrected chi connectivity index (χ1v) is 8.11. The van der Waals surface area contributed by atoms with E-state index in [4.69, 9.17) is 4.74 Å². The van der Waals surface area contributed by atoms with Gasteiger partial charge in [0, 0.05) is 12.6 Å². The predicted octanol–water partition coefficient (Wildman–Crippen LogP) is 2.86. The molecule has 1 aliphatic rings. The van der Waals surface area contributed by atoms with E-state index in [0.717, 1.165) is 5.56 Å². The van der Waals surface area contributed by atoms with Crippen LogP contribution in [0.2, 0.25) is 0 Å². The number of carbonyl (C=O) groups excluding carboxylic acids is 1. The van der Waals surface area contributed by atoms with E-state index in [1.165, 1.54) is 0 Å². The van der Waals surface area contributed by atoms with Gasteiger partial charge in [-0.1, -0.05) is 36.4 Å². The Bertz CT molecular complexity index is 606. The molecule has 0 amide bonds. The van der Waals surface area contributed by atoms with Crippen LogP contribution in [0.5, 0.6) is 0 Å². The van der Waals surface area contributed by atoms with Crippen molar-refractivity contribution in [1.82, 2.24) is 4.90 Å². The molecule has 1 aromatic rings. The summed E-state index contributed by atoms with van der Waals surface area (Å²) in [6, 6.07) is 8.69. The minimum atomic E-state index is -0.913. The Morgan fingerprint density at radius 2 is 1.96 bits per heavy atom. The van der Waals surface area contributed by atoms with Crippen molar-refractivity contribution in [2.75, 3.05) is 0 Å². The molecule has 5 nitrogen and oxygen atoms in total. The largest absolute Gasteiger partial charge is 0.481 e. The maximum absolute atomic E-state index is 12.6. The topological polar surface area (TPSA) is 66.8 Å². The molecule has 0 aliphatic carbocycles. The van der Waals surface area contributed by atoms with Gasteiger partial charge in [-0.3, -0.25) is 14.5 Å². The van der Waals surface area contributed by atoms with Crippen molar-refractivity contribution in [2.45, 2.75) is 51.4 Å². The zero-order chi connectivity index (χ0) is 17.9. The highest BCUT2D eigenvalue weighted by molar-refractivity contribution is 5.80. The molecule has 1 heterocycles. The van der Waals surface area contributed by atoms with Crippen LogP contribution in [0.4, 0.5) is 0 Å². The SMILES string of the molecule is C=C[C@H]1[C@@H](C(=O)O)C[C@H](C(=O)OC(C)(C)C)N1Cc1ccccc1. The van der Waals surface area contributed by atoms with Gasteiger partial charge in [-0.15, -0.1) is 6.58 Å². The highest BCUT2D eigenvalue weighted by Gasteiger charge is 2.47. The monoisotopic (exact) mass is 331 g/mol. The van der Waals surface area contributed by atoms with Gasteiger partial charge in [0.2, 0.25) is 0 Å². The Morgan fingerprint density at radius 3 is 2.46 bits per heavy atom. The summed E-state index contributed by atoms with van der Waals surface area (Å²) in [4.78, 5) is 26.1. The molecule has 24 heavy (non-hydrogen) atoms. The normalized spacial score (nSPS) is 24.5. The van der Waals surface area contributed by atoms with Crippen LogP contribution < -0.4 is 0 Å². The molecule has 0 spiro atoms. The number of esters is 1. The van der Waals surface area contributed by atoms with E-state index in [1.54, 1.807) is 26.8 Å². The summed E-state index contributed by atoms with van der Waals surface area (Å²) in [5.74, 6) is -1.96. The fourth-order valence-electron chi connectivity index (χ4n) is 3.11. The second-order valence-electron chi connectivity index (χ2n) is 7.11. The van der Waals surface area contributed by atoms with Gasteiger partial charge < -0.3 is 9.84 Å². The molecule has 0 saturated carbocycles. The molecule has 0 radical (unpaired) electrons. The number of carbonyl (C=O) groups is 2. The van der Waals surface area contributed by atoms with Gasteiger partial charge in [-0.25, -0.2) is 0 Å². The standard InChI is InChI=1S/C19H25NO4/c1-5-15-14(17(21)22)11-16(18(23)24-19(2,3)4)20(15)12-13-9-7-6-8-10-13/h5-10,14-16H,1,11-12H2,2-4H3,(H,21,22)/t14-,15-,16+/m0/s1. The number of likely N-dealkylation sites (tertiary alicyclic amines) is 1.